The smallest absolute Gasteiger partial charge is 0.349 e. The summed E-state index contributed by atoms with van der Waals surface area (Å²) in [6.45, 7) is 1.23. The summed E-state index contributed by atoms with van der Waals surface area (Å²) >= 11 is 3.11. The highest BCUT2D eigenvalue weighted by Crippen LogP contribution is 2.36. The lowest BCUT2D eigenvalue weighted by atomic mass is 10.2. The van der Waals surface area contributed by atoms with Gasteiger partial charge in [0, 0.05) is 11.6 Å². The van der Waals surface area contributed by atoms with E-state index in [2.05, 4.69) is 26.0 Å². The molecule has 30 heavy (non-hydrogen) atoms. The van der Waals surface area contributed by atoms with Gasteiger partial charge in [-0.25, -0.2) is 9.59 Å². The molecule has 0 saturated heterocycles. The summed E-state index contributed by atoms with van der Waals surface area (Å²) in [4.78, 5) is 48.8. The van der Waals surface area contributed by atoms with Gasteiger partial charge in [-0.05, 0) is 41.1 Å². The van der Waals surface area contributed by atoms with Crippen molar-refractivity contribution in [2.75, 3.05) is 0 Å². The van der Waals surface area contributed by atoms with E-state index in [9.17, 15) is 24.5 Å². The van der Waals surface area contributed by atoms with E-state index in [1.54, 1.807) is 18.2 Å². The standard InChI is InChI=1S/C18H13BrN4O7/c1-9(17(25)26)30-15-12(19)6-10(7-14(15)23(28)29)8-20-22-16(24)11-4-2-3-5-13(11)21-18(22)27/h2-9H,1H3,(H,21,27)(H,25,26)/t9-/m1/s1. The number of aromatic amines is 1. The SMILES string of the molecule is C[C@@H](Oc1c(Br)cc(C=Nn2c(=O)[nH]c3ccccc3c2=O)cc1[N+](=O)[O-])C(=O)O. The van der Waals surface area contributed by atoms with Crippen molar-refractivity contribution in [2.24, 2.45) is 5.10 Å². The van der Waals surface area contributed by atoms with Gasteiger partial charge in [0.05, 0.1) is 26.5 Å². The molecule has 11 nitrogen and oxygen atoms in total. The van der Waals surface area contributed by atoms with E-state index in [4.69, 9.17) is 9.84 Å². The number of rotatable bonds is 6. The Morgan fingerprint density at radius 1 is 1.37 bits per heavy atom. The van der Waals surface area contributed by atoms with E-state index in [-0.39, 0.29) is 21.2 Å². The second kappa shape index (κ2) is 8.29. The predicted octanol–water partition coefficient (Wildman–Crippen LogP) is 2.09. The van der Waals surface area contributed by atoms with Crippen LogP contribution in [0.2, 0.25) is 0 Å². The number of fused-ring (bicyclic) bond motifs is 1. The first kappa shape index (κ1) is 20.9. The topological polar surface area (TPSA) is 157 Å². The minimum atomic E-state index is -1.32. The molecule has 2 aromatic carbocycles. The summed E-state index contributed by atoms with van der Waals surface area (Å²) in [6.07, 6.45) is -0.234. The van der Waals surface area contributed by atoms with Gasteiger partial charge in [0.1, 0.15) is 0 Å². The lowest BCUT2D eigenvalue weighted by Crippen LogP contribution is -2.32. The van der Waals surface area contributed by atoms with Crippen LogP contribution in [0.1, 0.15) is 12.5 Å². The average Bonchev–Trinajstić information content (AvgIpc) is 2.69. The second-order valence-electron chi connectivity index (χ2n) is 6.04. The van der Waals surface area contributed by atoms with Crippen molar-refractivity contribution >= 4 is 44.7 Å². The molecule has 3 rings (SSSR count). The third kappa shape index (κ3) is 4.12. The van der Waals surface area contributed by atoms with Crippen LogP contribution in [-0.2, 0) is 4.79 Å². The number of aliphatic carboxylic acids is 1. The molecule has 154 valence electrons. The number of H-pyrrole nitrogens is 1. The number of benzene rings is 2. The lowest BCUT2D eigenvalue weighted by Gasteiger charge is -2.12. The van der Waals surface area contributed by atoms with Crippen LogP contribution in [0.3, 0.4) is 0 Å². The van der Waals surface area contributed by atoms with E-state index in [0.717, 1.165) is 12.3 Å². The maximum absolute atomic E-state index is 12.5. The molecule has 1 aromatic heterocycles. The number of nitrogens with one attached hydrogen (secondary N) is 1. The molecule has 0 aliphatic carbocycles. The van der Waals surface area contributed by atoms with Crippen LogP contribution >= 0.6 is 15.9 Å². The molecule has 0 radical (unpaired) electrons. The zero-order valence-electron chi connectivity index (χ0n) is 15.2. The molecular weight excluding hydrogens is 464 g/mol. The molecule has 0 fully saturated rings. The summed E-state index contributed by atoms with van der Waals surface area (Å²) in [5.41, 5.74) is -1.43. The number of carboxylic acid groups (broad SMARTS) is 1. The van der Waals surface area contributed by atoms with Gasteiger partial charge in [-0.3, -0.25) is 14.9 Å². The number of ether oxygens (including phenoxy) is 1. The third-order valence-corrected chi connectivity index (χ3v) is 4.58. The number of nitrogens with zero attached hydrogens (tertiary/aromatic N) is 3. The van der Waals surface area contributed by atoms with E-state index in [1.165, 1.54) is 19.1 Å². The quantitative estimate of drug-likeness (QED) is 0.313. The number of aromatic nitrogens is 2. The van der Waals surface area contributed by atoms with Crippen LogP contribution < -0.4 is 16.0 Å². The number of halogens is 1. The molecule has 0 bridgehead atoms. The first-order valence-corrected chi connectivity index (χ1v) is 9.14. The zero-order valence-corrected chi connectivity index (χ0v) is 16.8. The minimum absolute atomic E-state index is 0.103. The van der Waals surface area contributed by atoms with Crippen LogP contribution in [0.15, 0.2) is 55.6 Å². The van der Waals surface area contributed by atoms with Crippen LogP contribution in [0.25, 0.3) is 10.9 Å². The second-order valence-corrected chi connectivity index (χ2v) is 6.90. The summed E-state index contributed by atoms with van der Waals surface area (Å²) in [5.74, 6) is -1.57. The number of carbonyl (C=O) groups is 1. The molecule has 0 aliphatic rings. The van der Waals surface area contributed by atoms with E-state index in [0.29, 0.717) is 10.2 Å². The van der Waals surface area contributed by atoms with Crippen LogP contribution in [-0.4, -0.2) is 38.0 Å². The highest BCUT2D eigenvalue weighted by molar-refractivity contribution is 9.10. The van der Waals surface area contributed by atoms with Crippen LogP contribution in [0.4, 0.5) is 5.69 Å². The third-order valence-electron chi connectivity index (χ3n) is 3.99. The van der Waals surface area contributed by atoms with Gasteiger partial charge in [-0.2, -0.15) is 5.10 Å². The number of hydrogen-bond donors (Lipinski definition) is 2. The first-order chi connectivity index (χ1) is 14.2. The summed E-state index contributed by atoms with van der Waals surface area (Å²) in [7, 11) is 0. The Morgan fingerprint density at radius 2 is 2.07 bits per heavy atom. The molecule has 2 N–H and O–H groups in total. The largest absolute Gasteiger partial charge is 0.479 e. The highest BCUT2D eigenvalue weighted by atomic mass is 79.9. The molecular formula is C18H13BrN4O7. The Kier molecular flexibility index (Phi) is 5.78. The van der Waals surface area contributed by atoms with Gasteiger partial charge in [-0.15, -0.1) is 4.68 Å². The molecule has 0 aliphatic heterocycles. The number of carboxylic acids is 1. The Balaban J connectivity index is 2.06. The van der Waals surface area contributed by atoms with Gasteiger partial charge in [0.25, 0.3) is 5.56 Å². The molecule has 12 heteroatoms. The lowest BCUT2D eigenvalue weighted by molar-refractivity contribution is -0.386. The first-order valence-electron chi connectivity index (χ1n) is 8.35. The normalized spacial score (nSPS) is 12.2. The van der Waals surface area contributed by atoms with Crippen molar-refractivity contribution in [3.8, 4) is 5.75 Å². The Hall–Kier alpha value is -3.80. The monoisotopic (exact) mass is 476 g/mol. The van der Waals surface area contributed by atoms with Gasteiger partial charge in [-0.1, -0.05) is 12.1 Å². The maximum Gasteiger partial charge on any atom is 0.349 e. The Bertz CT molecular complexity index is 1310. The fourth-order valence-corrected chi connectivity index (χ4v) is 3.10. The van der Waals surface area contributed by atoms with E-state index in [1.807, 2.05) is 0 Å². The van der Waals surface area contributed by atoms with Gasteiger partial charge in [0.2, 0.25) is 5.75 Å². The number of hydrogen-bond acceptors (Lipinski definition) is 7. The molecule has 1 atom stereocenters. The summed E-state index contributed by atoms with van der Waals surface area (Å²) < 4.78 is 5.86. The van der Waals surface area contributed by atoms with Crippen molar-refractivity contribution < 1.29 is 19.6 Å². The average molecular weight is 477 g/mol. The Labute approximate surface area is 175 Å². The van der Waals surface area contributed by atoms with Crippen LogP contribution in [0.5, 0.6) is 5.75 Å². The molecule has 1 heterocycles. The minimum Gasteiger partial charge on any atom is -0.479 e. The van der Waals surface area contributed by atoms with Gasteiger partial charge in [0.15, 0.2) is 6.10 Å². The molecule has 0 amide bonds. The highest BCUT2D eigenvalue weighted by Gasteiger charge is 2.24. The van der Waals surface area contributed by atoms with Crippen molar-refractivity contribution in [2.45, 2.75) is 13.0 Å². The van der Waals surface area contributed by atoms with Crippen molar-refractivity contribution in [1.29, 1.82) is 0 Å². The molecule has 0 spiro atoms. The number of para-hydroxylation sites is 1. The summed E-state index contributed by atoms with van der Waals surface area (Å²) in [6, 6.07) is 8.85. The van der Waals surface area contributed by atoms with Crippen molar-refractivity contribution in [3.05, 3.63) is 77.4 Å². The predicted molar refractivity (Wildman–Crippen MR) is 110 cm³/mol. The fourth-order valence-electron chi connectivity index (χ4n) is 2.54. The number of nitro groups is 1. The van der Waals surface area contributed by atoms with Crippen molar-refractivity contribution in [3.63, 3.8) is 0 Å². The molecule has 0 unspecified atom stereocenters. The number of nitro benzene ring substituents is 1. The zero-order chi connectivity index (χ0) is 22.0. The fraction of sp³-hybridized carbons (Fsp3) is 0.111. The summed E-state index contributed by atoms with van der Waals surface area (Å²) in [5, 5.41) is 24.5. The molecule has 3 aromatic rings. The Morgan fingerprint density at radius 3 is 2.73 bits per heavy atom. The maximum atomic E-state index is 12.5. The van der Waals surface area contributed by atoms with E-state index < -0.39 is 33.9 Å². The van der Waals surface area contributed by atoms with E-state index >= 15 is 0 Å². The van der Waals surface area contributed by atoms with Crippen LogP contribution in [0, 0.1) is 10.1 Å². The van der Waals surface area contributed by atoms with Gasteiger partial charge < -0.3 is 14.8 Å². The molecule has 0 saturated carbocycles. The van der Waals surface area contributed by atoms with Gasteiger partial charge >= 0.3 is 17.3 Å². The van der Waals surface area contributed by atoms with Crippen molar-refractivity contribution in [1.82, 2.24) is 9.66 Å².